The summed E-state index contributed by atoms with van der Waals surface area (Å²) in [5, 5.41) is 6.14. The lowest BCUT2D eigenvalue weighted by atomic mass is 9.82. The minimum Gasteiger partial charge on any atom is -0.294 e. The Hall–Kier alpha value is -7.36. The van der Waals surface area contributed by atoms with E-state index in [0.717, 1.165) is 33.7 Å². The van der Waals surface area contributed by atoms with Crippen LogP contribution in [0.5, 0.6) is 0 Å². The van der Waals surface area contributed by atoms with Crippen molar-refractivity contribution in [2.45, 2.75) is 0 Å². The Kier molecular flexibility index (Phi) is 7.17. The van der Waals surface area contributed by atoms with Crippen LogP contribution >= 0.6 is 0 Å². The van der Waals surface area contributed by atoms with Gasteiger partial charge in [0.25, 0.3) is 0 Å². The molecule has 55 heavy (non-hydrogen) atoms. The van der Waals surface area contributed by atoms with Crippen molar-refractivity contribution in [3.63, 3.8) is 0 Å². The SMILES string of the molecule is c1ccc(-c2c3c(c(-c4ccccc4)c4ccccc24)-c2ccc(-c4cccc(N(c5ccccn5)c5ccnc6ccccc56)c4)c4cccc-3c24)cc1. The molecule has 0 aliphatic heterocycles. The number of aromatic nitrogens is 2. The molecule has 10 aromatic rings. The third kappa shape index (κ3) is 4.91. The Bertz CT molecular complexity index is 2980. The first-order chi connectivity index (χ1) is 27.3. The van der Waals surface area contributed by atoms with E-state index in [1.54, 1.807) is 0 Å². The molecule has 0 radical (unpaired) electrons. The topological polar surface area (TPSA) is 29.0 Å². The standard InChI is InChI=1S/C52H33N3/c1-3-15-34(16-4-1)48-40-21-7-8-22-41(40)49(35-17-5-2-6-18-35)52-44-29-28-38(39-24-14-25-43(50(39)44)51(48)52)36-19-13-20-37(33-36)55(47-27-11-12-31-54-47)46-30-32-53-45-26-10-9-23-42(45)46/h1-33H. The maximum Gasteiger partial charge on any atom is 0.137 e. The van der Waals surface area contributed by atoms with Crippen molar-refractivity contribution in [1.29, 1.82) is 0 Å². The lowest BCUT2D eigenvalue weighted by Gasteiger charge is -2.26. The van der Waals surface area contributed by atoms with Gasteiger partial charge in [0.05, 0.1) is 11.2 Å². The highest BCUT2D eigenvalue weighted by molar-refractivity contribution is 6.28. The highest BCUT2D eigenvalue weighted by atomic mass is 15.2. The molecule has 11 rings (SSSR count). The molecule has 3 heteroatoms. The molecular formula is C52H33N3. The molecule has 0 N–H and O–H groups in total. The fraction of sp³-hybridized carbons (Fsp3) is 0. The normalized spacial score (nSPS) is 11.6. The third-order valence-corrected chi connectivity index (χ3v) is 11.1. The first-order valence-electron chi connectivity index (χ1n) is 18.7. The minimum atomic E-state index is 0.848. The summed E-state index contributed by atoms with van der Waals surface area (Å²) in [4.78, 5) is 11.8. The molecule has 8 aromatic carbocycles. The first-order valence-corrected chi connectivity index (χ1v) is 18.7. The zero-order valence-electron chi connectivity index (χ0n) is 29.9. The molecule has 0 unspecified atom stereocenters. The molecular weight excluding hydrogens is 667 g/mol. The van der Waals surface area contributed by atoms with Gasteiger partial charge < -0.3 is 0 Å². The lowest BCUT2D eigenvalue weighted by molar-refractivity contribution is 1.18. The molecule has 2 heterocycles. The molecule has 0 amide bonds. The van der Waals surface area contributed by atoms with E-state index < -0.39 is 0 Å². The maximum atomic E-state index is 4.84. The highest BCUT2D eigenvalue weighted by Gasteiger charge is 2.31. The van der Waals surface area contributed by atoms with E-state index in [1.807, 2.05) is 30.6 Å². The van der Waals surface area contributed by atoms with Crippen LogP contribution in [0.25, 0.3) is 88.1 Å². The van der Waals surface area contributed by atoms with Crippen molar-refractivity contribution in [3.05, 3.63) is 200 Å². The quantitative estimate of drug-likeness (QED) is 0.173. The molecule has 2 aromatic heterocycles. The third-order valence-electron chi connectivity index (χ3n) is 11.1. The van der Waals surface area contributed by atoms with Crippen molar-refractivity contribution in [1.82, 2.24) is 9.97 Å². The van der Waals surface area contributed by atoms with Gasteiger partial charge in [-0.15, -0.1) is 0 Å². The number of para-hydroxylation sites is 1. The van der Waals surface area contributed by atoms with Crippen LogP contribution in [0.1, 0.15) is 0 Å². The van der Waals surface area contributed by atoms with Gasteiger partial charge >= 0.3 is 0 Å². The van der Waals surface area contributed by atoms with E-state index in [4.69, 9.17) is 4.98 Å². The van der Waals surface area contributed by atoms with Gasteiger partial charge in [-0.1, -0.05) is 152 Å². The predicted octanol–water partition coefficient (Wildman–Crippen LogP) is 14.1. The van der Waals surface area contributed by atoms with Gasteiger partial charge in [0.2, 0.25) is 0 Å². The summed E-state index contributed by atoms with van der Waals surface area (Å²) in [6.45, 7) is 0. The second-order valence-electron chi connectivity index (χ2n) is 14.1. The van der Waals surface area contributed by atoms with Gasteiger partial charge in [-0.25, -0.2) is 4.98 Å². The van der Waals surface area contributed by atoms with Gasteiger partial charge in [0.15, 0.2) is 0 Å². The monoisotopic (exact) mass is 699 g/mol. The number of rotatable bonds is 6. The van der Waals surface area contributed by atoms with Crippen molar-refractivity contribution in [2.24, 2.45) is 0 Å². The molecule has 0 saturated heterocycles. The molecule has 3 nitrogen and oxygen atoms in total. The summed E-state index contributed by atoms with van der Waals surface area (Å²) in [7, 11) is 0. The molecule has 0 saturated carbocycles. The average Bonchev–Trinajstić information content (AvgIpc) is 3.59. The van der Waals surface area contributed by atoms with Crippen molar-refractivity contribution < 1.29 is 0 Å². The molecule has 0 spiro atoms. The van der Waals surface area contributed by atoms with Gasteiger partial charge in [-0.3, -0.25) is 9.88 Å². The molecule has 256 valence electrons. The van der Waals surface area contributed by atoms with E-state index >= 15 is 0 Å². The van der Waals surface area contributed by atoms with E-state index in [0.29, 0.717) is 0 Å². The summed E-state index contributed by atoms with van der Waals surface area (Å²) >= 11 is 0. The van der Waals surface area contributed by atoms with Crippen LogP contribution in [0, 0.1) is 0 Å². The summed E-state index contributed by atoms with van der Waals surface area (Å²) < 4.78 is 0. The minimum absolute atomic E-state index is 0.848. The van der Waals surface area contributed by atoms with Crippen LogP contribution < -0.4 is 4.90 Å². The number of pyridine rings is 2. The van der Waals surface area contributed by atoms with Crippen molar-refractivity contribution in [3.8, 4) is 55.6 Å². The van der Waals surface area contributed by atoms with E-state index in [2.05, 4.69) is 180 Å². The lowest BCUT2D eigenvalue weighted by Crippen LogP contribution is -2.12. The van der Waals surface area contributed by atoms with Crippen LogP contribution in [0.2, 0.25) is 0 Å². The van der Waals surface area contributed by atoms with Crippen LogP contribution in [0.4, 0.5) is 17.2 Å². The second-order valence-corrected chi connectivity index (χ2v) is 14.1. The van der Waals surface area contributed by atoms with Crippen LogP contribution in [-0.2, 0) is 0 Å². The number of benzene rings is 8. The Labute approximate surface area is 319 Å². The molecule has 1 aliphatic rings. The Balaban J connectivity index is 1.16. The Morgan fingerprint density at radius 1 is 0.345 bits per heavy atom. The number of hydrogen-bond donors (Lipinski definition) is 0. The van der Waals surface area contributed by atoms with Crippen LogP contribution in [0.3, 0.4) is 0 Å². The smallest absolute Gasteiger partial charge is 0.137 e. The molecule has 0 atom stereocenters. The summed E-state index contributed by atoms with van der Waals surface area (Å²) in [6.07, 6.45) is 3.74. The molecule has 0 bridgehead atoms. The zero-order valence-corrected chi connectivity index (χ0v) is 29.9. The number of anilines is 3. The van der Waals surface area contributed by atoms with Crippen molar-refractivity contribution in [2.75, 3.05) is 4.90 Å². The second kappa shape index (κ2) is 12.6. The van der Waals surface area contributed by atoms with Gasteiger partial charge in [-0.2, -0.15) is 0 Å². The molecule has 1 aliphatic carbocycles. The maximum absolute atomic E-state index is 4.84. The summed E-state index contributed by atoms with van der Waals surface area (Å²) in [5.41, 5.74) is 15.6. The summed E-state index contributed by atoms with van der Waals surface area (Å²) in [5.74, 6) is 0.848. The van der Waals surface area contributed by atoms with Gasteiger partial charge in [0.1, 0.15) is 5.82 Å². The predicted molar refractivity (Wildman–Crippen MR) is 230 cm³/mol. The first kappa shape index (κ1) is 31.2. The van der Waals surface area contributed by atoms with Crippen LogP contribution in [0.15, 0.2) is 200 Å². The van der Waals surface area contributed by atoms with Crippen molar-refractivity contribution >= 4 is 49.6 Å². The Morgan fingerprint density at radius 3 is 1.64 bits per heavy atom. The number of hydrogen-bond acceptors (Lipinski definition) is 3. The van der Waals surface area contributed by atoms with Gasteiger partial charge in [-0.05, 0) is 114 Å². The Morgan fingerprint density at radius 2 is 0.927 bits per heavy atom. The number of nitrogens with zero attached hydrogens (tertiary/aromatic N) is 3. The van der Waals surface area contributed by atoms with Crippen LogP contribution in [-0.4, -0.2) is 9.97 Å². The molecule has 0 fully saturated rings. The summed E-state index contributed by atoms with van der Waals surface area (Å²) in [6, 6.07) is 67.6. The van der Waals surface area contributed by atoms with Gasteiger partial charge in [0, 0.05) is 23.5 Å². The van der Waals surface area contributed by atoms with E-state index in [-0.39, 0.29) is 0 Å². The zero-order chi connectivity index (χ0) is 36.3. The fourth-order valence-corrected chi connectivity index (χ4v) is 8.83. The highest BCUT2D eigenvalue weighted by Crippen LogP contribution is 2.58. The average molecular weight is 700 g/mol. The van der Waals surface area contributed by atoms with E-state index in [1.165, 1.54) is 71.6 Å². The van der Waals surface area contributed by atoms with E-state index in [9.17, 15) is 0 Å². The fourth-order valence-electron chi connectivity index (χ4n) is 8.83. The number of fused-ring (bicyclic) bond motifs is 5. The largest absolute Gasteiger partial charge is 0.294 e.